The van der Waals surface area contributed by atoms with Gasteiger partial charge < -0.3 is 14.5 Å². The highest BCUT2D eigenvalue weighted by molar-refractivity contribution is 5.70. The Hall–Kier alpha value is -1.32. The Bertz CT molecular complexity index is 464. The second-order valence-electron chi connectivity index (χ2n) is 5.39. The molecular formula is C16H22N2O. The number of morpholine rings is 1. The summed E-state index contributed by atoms with van der Waals surface area (Å²) in [5.74, 6) is 0. The second kappa shape index (κ2) is 5.76. The first kappa shape index (κ1) is 12.7. The molecule has 1 aromatic rings. The molecule has 3 rings (SSSR count). The molecule has 19 heavy (non-hydrogen) atoms. The van der Waals surface area contributed by atoms with E-state index in [1.807, 2.05) is 0 Å². The van der Waals surface area contributed by atoms with E-state index in [4.69, 9.17) is 4.74 Å². The van der Waals surface area contributed by atoms with Crippen LogP contribution in [0.15, 0.2) is 30.3 Å². The van der Waals surface area contributed by atoms with Gasteiger partial charge in [-0.1, -0.05) is 18.2 Å². The first-order valence-electron chi connectivity index (χ1n) is 7.13. The van der Waals surface area contributed by atoms with Gasteiger partial charge in [-0.3, -0.25) is 0 Å². The predicted molar refractivity (Wildman–Crippen MR) is 79.6 cm³/mol. The maximum Gasteiger partial charge on any atom is 0.0642 e. The van der Waals surface area contributed by atoms with E-state index in [0.717, 1.165) is 45.8 Å². The van der Waals surface area contributed by atoms with E-state index in [1.54, 1.807) is 0 Å². The van der Waals surface area contributed by atoms with Gasteiger partial charge in [0.2, 0.25) is 0 Å². The van der Waals surface area contributed by atoms with E-state index >= 15 is 0 Å². The summed E-state index contributed by atoms with van der Waals surface area (Å²) < 4.78 is 5.42. The Morgan fingerprint density at radius 3 is 2.68 bits per heavy atom. The molecule has 0 atom stereocenters. The molecule has 2 aliphatic heterocycles. The van der Waals surface area contributed by atoms with Crippen LogP contribution in [0.25, 0.3) is 5.57 Å². The first-order valence-corrected chi connectivity index (χ1v) is 7.13. The number of ether oxygens (including phenoxy) is 1. The number of nitrogens with zero attached hydrogens (tertiary/aromatic N) is 2. The molecule has 0 bridgehead atoms. The Labute approximate surface area is 115 Å². The normalized spacial score (nSPS) is 21.3. The highest BCUT2D eigenvalue weighted by Crippen LogP contribution is 2.26. The molecule has 0 N–H and O–H groups in total. The van der Waals surface area contributed by atoms with Crippen molar-refractivity contribution in [2.75, 3.05) is 51.3 Å². The molecule has 3 nitrogen and oxygen atoms in total. The molecule has 2 aliphatic rings. The number of benzene rings is 1. The van der Waals surface area contributed by atoms with Crippen LogP contribution in [-0.2, 0) is 4.74 Å². The van der Waals surface area contributed by atoms with E-state index in [1.165, 1.54) is 16.8 Å². The van der Waals surface area contributed by atoms with E-state index in [-0.39, 0.29) is 0 Å². The van der Waals surface area contributed by atoms with Crippen molar-refractivity contribution < 1.29 is 4.74 Å². The van der Waals surface area contributed by atoms with E-state index in [0.29, 0.717) is 0 Å². The van der Waals surface area contributed by atoms with Crippen molar-refractivity contribution in [3.05, 3.63) is 35.9 Å². The molecule has 0 radical (unpaired) electrons. The third kappa shape index (κ3) is 2.99. The number of anilines is 1. The Morgan fingerprint density at radius 2 is 1.95 bits per heavy atom. The molecule has 102 valence electrons. The SMILES string of the molecule is CN1CC=C(c2cccc(N3CCOCC3)c2)CC1. The third-order valence-electron chi connectivity index (χ3n) is 4.01. The van der Waals surface area contributed by atoms with Gasteiger partial charge in [0.15, 0.2) is 0 Å². The van der Waals surface area contributed by atoms with E-state index in [9.17, 15) is 0 Å². The maximum atomic E-state index is 5.42. The van der Waals surface area contributed by atoms with Crippen LogP contribution in [0.3, 0.4) is 0 Å². The fourth-order valence-corrected chi connectivity index (χ4v) is 2.76. The fraction of sp³-hybridized carbons (Fsp3) is 0.500. The monoisotopic (exact) mass is 258 g/mol. The summed E-state index contributed by atoms with van der Waals surface area (Å²) in [4.78, 5) is 4.78. The lowest BCUT2D eigenvalue weighted by molar-refractivity contribution is 0.122. The van der Waals surface area contributed by atoms with Gasteiger partial charge in [0.25, 0.3) is 0 Å². The number of rotatable bonds is 2. The van der Waals surface area contributed by atoms with Crippen LogP contribution >= 0.6 is 0 Å². The van der Waals surface area contributed by atoms with Gasteiger partial charge in [0, 0.05) is 31.9 Å². The van der Waals surface area contributed by atoms with Crippen LogP contribution in [0.4, 0.5) is 5.69 Å². The van der Waals surface area contributed by atoms with Gasteiger partial charge in [-0.2, -0.15) is 0 Å². The topological polar surface area (TPSA) is 15.7 Å². The lowest BCUT2D eigenvalue weighted by atomic mass is 9.99. The van der Waals surface area contributed by atoms with Gasteiger partial charge in [0.1, 0.15) is 0 Å². The molecule has 0 spiro atoms. The maximum absolute atomic E-state index is 5.42. The van der Waals surface area contributed by atoms with Crippen LogP contribution in [-0.4, -0.2) is 51.3 Å². The van der Waals surface area contributed by atoms with Crippen molar-refractivity contribution in [1.29, 1.82) is 0 Å². The lowest BCUT2D eigenvalue weighted by Crippen LogP contribution is -2.36. The average Bonchev–Trinajstić information content (AvgIpc) is 2.49. The van der Waals surface area contributed by atoms with Gasteiger partial charge in [-0.05, 0) is 36.7 Å². The van der Waals surface area contributed by atoms with Crippen molar-refractivity contribution in [2.45, 2.75) is 6.42 Å². The van der Waals surface area contributed by atoms with Gasteiger partial charge in [-0.15, -0.1) is 0 Å². The molecule has 0 aromatic heterocycles. The molecule has 0 saturated carbocycles. The molecule has 2 heterocycles. The summed E-state index contributed by atoms with van der Waals surface area (Å²) in [6.45, 7) is 5.93. The standard InChI is InChI=1S/C16H22N2O/c1-17-7-5-14(6-8-17)15-3-2-4-16(13-15)18-9-11-19-12-10-18/h2-5,13H,6-12H2,1H3. The van der Waals surface area contributed by atoms with Crippen LogP contribution < -0.4 is 4.90 Å². The van der Waals surface area contributed by atoms with Gasteiger partial charge in [0.05, 0.1) is 13.2 Å². The van der Waals surface area contributed by atoms with Gasteiger partial charge in [-0.25, -0.2) is 0 Å². The number of hydrogen-bond donors (Lipinski definition) is 0. The smallest absolute Gasteiger partial charge is 0.0642 e. The highest BCUT2D eigenvalue weighted by atomic mass is 16.5. The largest absolute Gasteiger partial charge is 0.378 e. The second-order valence-corrected chi connectivity index (χ2v) is 5.39. The summed E-state index contributed by atoms with van der Waals surface area (Å²) >= 11 is 0. The molecular weight excluding hydrogens is 236 g/mol. The van der Waals surface area contributed by atoms with Gasteiger partial charge >= 0.3 is 0 Å². The zero-order valence-corrected chi connectivity index (χ0v) is 11.6. The fourth-order valence-electron chi connectivity index (χ4n) is 2.76. The van der Waals surface area contributed by atoms with E-state index in [2.05, 4.69) is 47.2 Å². The zero-order chi connectivity index (χ0) is 13.1. The first-order chi connectivity index (χ1) is 9.33. The number of likely N-dealkylation sites (N-methyl/N-ethyl adjacent to an activating group) is 1. The molecule has 0 aliphatic carbocycles. The summed E-state index contributed by atoms with van der Waals surface area (Å²) in [6.07, 6.45) is 3.52. The summed E-state index contributed by atoms with van der Waals surface area (Å²) in [5.41, 5.74) is 4.21. The van der Waals surface area contributed by atoms with E-state index < -0.39 is 0 Å². The molecule has 1 saturated heterocycles. The third-order valence-corrected chi connectivity index (χ3v) is 4.01. The van der Waals surface area contributed by atoms with Crippen molar-refractivity contribution in [3.8, 4) is 0 Å². The predicted octanol–water partition coefficient (Wildman–Crippen LogP) is 2.24. The molecule has 1 aromatic carbocycles. The van der Waals surface area contributed by atoms with Crippen molar-refractivity contribution >= 4 is 11.3 Å². The summed E-state index contributed by atoms with van der Waals surface area (Å²) in [6, 6.07) is 8.97. The Morgan fingerprint density at radius 1 is 1.11 bits per heavy atom. The average molecular weight is 258 g/mol. The Kier molecular flexibility index (Phi) is 3.85. The molecule has 0 unspecified atom stereocenters. The lowest BCUT2D eigenvalue weighted by Gasteiger charge is -2.29. The minimum absolute atomic E-state index is 0.845. The zero-order valence-electron chi connectivity index (χ0n) is 11.6. The summed E-state index contributed by atoms with van der Waals surface area (Å²) in [7, 11) is 2.18. The minimum atomic E-state index is 0.845. The van der Waals surface area contributed by atoms with Crippen LogP contribution in [0.2, 0.25) is 0 Å². The van der Waals surface area contributed by atoms with Crippen molar-refractivity contribution in [1.82, 2.24) is 4.90 Å². The minimum Gasteiger partial charge on any atom is -0.378 e. The Balaban J connectivity index is 1.79. The van der Waals surface area contributed by atoms with Crippen LogP contribution in [0.1, 0.15) is 12.0 Å². The molecule has 0 amide bonds. The van der Waals surface area contributed by atoms with Crippen LogP contribution in [0.5, 0.6) is 0 Å². The quantitative estimate of drug-likeness (QED) is 0.809. The molecule has 1 fully saturated rings. The van der Waals surface area contributed by atoms with Crippen LogP contribution in [0, 0.1) is 0 Å². The van der Waals surface area contributed by atoms with Crippen molar-refractivity contribution in [3.63, 3.8) is 0 Å². The number of hydrogen-bond acceptors (Lipinski definition) is 3. The molecule has 3 heteroatoms. The summed E-state index contributed by atoms with van der Waals surface area (Å²) in [5, 5.41) is 0. The van der Waals surface area contributed by atoms with Crippen molar-refractivity contribution in [2.24, 2.45) is 0 Å². The highest BCUT2D eigenvalue weighted by Gasteiger charge is 2.13.